The Bertz CT molecular complexity index is 953. The first-order valence-electron chi connectivity index (χ1n) is 15.6. The Labute approximate surface area is 292 Å². The van der Waals surface area contributed by atoms with E-state index in [2.05, 4.69) is 24.2 Å². The second-order valence-corrected chi connectivity index (χ2v) is 13.5. The Morgan fingerprint density at radius 2 is 1.21 bits per heavy atom. The summed E-state index contributed by atoms with van der Waals surface area (Å²) < 4.78 is 60.5. The van der Waals surface area contributed by atoms with E-state index in [0.717, 1.165) is 25.7 Å². The molecule has 0 aromatic carbocycles. The zero-order chi connectivity index (χ0) is 32.0. The Morgan fingerprint density at radius 1 is 0.721 bits per heavy atom. The zero-order valence-electron chi connectivity index (χ0n) is 26.6. The van der Waals surface area contributed by atoms with Crippen molar-refractivity contribution in [1.29, 1.82) is 0 Å². The summed E-state index contributed by atoms with van der Waals surface area (Å²) >= 11 is 0. The molecule has 0 aliphatic rings. The number of nitrogens with one attached hydrogen (secondary N) is 1. The predicted octanol–water partition coefficient (Wildman–Crippen LogP) is 5.07. The van der Waals surface area contributed by atoms with Gasteiger partial charge in [-0.25, -0.2) is 8.42 Å². The summed E-state index contributed by atoms with van der Waals surface area (Å²) in [7, 11) is -8.03. The van der Waals surface area contributed by atoms with Gasteiger partial charge >= 0.3 is 37.7 Å². The molecule has 0 fully saturated rings. The number of rotatable bonds is 26. The minimum Gasteiger partial charge on any atom is -0.859 e. The molecule has 0 aromatic rings. The maximum absolute atomic E-state index is 11.4. The molecule has 13 heteroatoms. The molecule has 1 amide bonds. The molecule has 0 bridgehead atoms. The Kier molecular flexibility index (Phi) is 35.9. The number of aliphatic imine (C=N–C) groups is 1. The average Bonchev–Trinajstić information content (AvgIpc) is 2.90. The van der Waals surface area contributed by atoms with Crippen molar-refractivity contribution >= 4 is 69.8 Å². The van der Waals surface area contributed by atoms with Crippen LogP contribution in [0.5, 0.6) is 0 Å². The molecular formula is C30H56CaN2O8S2. The summed E-state index contributed by atoms with van der Waals surface area (Å²) in [6.45, 7) is 5.09. The molecule has 0 aliphatic heterocycles. The van der Waals surface area contributed by atoms with Gasteiger partial charge in [0, 0.05) is 18.8 Å². The van der Waals surface area contributed by atoms with E-state index in [1.165, 1.54) is 76.4 Å². The standard InChI is InChI=1S/2C15H29NO4S.Ca/c2*1-2-3-4-5-6-7-8-9-12-15(17)16-13-10-11-14-21(18,19)20;/h2*9,12H,2-8,10-11,13-14H2,1H3,(H,16,17)(H,18,19,20);/q;;+2/p-2/b2*12-9+;. The Hall–Kier alpha value is -0.500. The number of carbonyl (C=O) groups is 1. The number of nitrogens with zero attached hydrogens (tertiary/aromatic N) is 1. The summed E-state index contributed by atoms with van der Waals surface area (Å²) in [6.07, 6.45) is 24.9. The van der Waals surface area contributed by atoms with Gasteiger partial charge in [0.1, 0.15) is 0 Å². The van der Waals surface area contributed by atoms with Crippen molar-refractivity contribution < 1.29 is 35.8 Å². The molecule has 0 radical (unpaired) electrons. The smallest absolute Gasteiger partial charge is 0.859 e. The van der Waals surface area contributed by atoms with Crippen LogP contribution in [-0.2, 0) is 25.0 Å². The van der Waals surface area contributed by atoms with Crippen LogP contribution < -0.4 is 10.4 Å². The van der Waals surface area contributed by atoms with Gasteiger partial charge in [0.05, 0.1) is 15.9 Å². The van der Waals surface area contributed by atoms with Crippen LogP contribution in [0.4, 0.5) is 0 Å². The van der Waals surface area contributed by atoms with E-state index >= 15 is 0 Å². The van der Waals surface area contributed by atoms with Crippen LogP contribution in [0.1, 0.15) is 129 Å². The van der Waals surface area contributed by atoms with Gasteiger partial charge in [-0.05, 0) is 63.3 Å². The fourth-order valence-electron chi connectivity index (χ4n) is 3.77. The molecule has 10 nitrogen and oxygen atoms in total. The van der Waals surface area contributed by atoms with Crippen LogP contribution >= 0.6 is 0 Å². The number of hydrogen-bond donors (Lipinski definition) is 2. The van der Waals surface area contributed by atoms with Crippen LogP contribution in [0.3, 0.4) is 0 Å². The van der Waals surface area contributed by atoms with E-state index in [1.54, 1.807) is 0 Å². The van der Waals surface area contributed by atoms with Crippen molar-refractivity contribution in [2.24, 2.45) is 4.99 Å². The molecule has 248 valence electrons. The Morgan fingerprint density at radius 3 is 1.72 bits per heavy atom. The summed E-state index contributed by atoms with van der Waals surface area (Å²) in [5.41, 5.74) is 0. The van der Waals surface area contributed by atoms with Crippen LogP contribution in [0, 0.1) is 0 Å². The molecule has 2 N–H and O–H groups in total. The van der Waals surface area contributed by atoms with Crippen molar-refractivity contribution in [1.82, 2.24) is 5.32 Å². The first-order valence-corrected chi connectivity index (χ1v) is 18.8. The molecule has 0 spiro atoms. The van der Waals surface area contributed by atoms with E-state index < -0.39 is 20.2 Å². The van der Waals surface area contributed by atoms with Gasteiger partial charge in [-0.2, -0.15) is 8.42 Å². The number of amides is 1. The topological polar surface area (TPSA) is 176 Å². The van der Waals surface area contributed by atoms with E-state index in [0.29, 0.717) is 25.8 Å². The maximum atomic E-state index is 11.4. The van der Waals surface area contributed by atoms with Gasteiger partial charge in [0.25, 0.3) is 10.1 Å². The molecule has 0 saturated heterocycles. The third-order valence-electron chi connectivity index (χ3n) is 6.18. The zero-order valence-corrected chi connectivity index (χ0v) is 30.5. The molecule has 0 rings (SSSR count). The first kappa shape index (κ1) is 46.9. The van der Waals surface area contributed by atoms with Gasteiger partial charge in [0.15, 0.2) is 0 Å². The second-order valence-electron chi connectivity index (χ2n) is 10.4. The van der Waals surface area contributed by atoms with E-state index in [4.69, 9.17) is 4.55 Å². The molecule has 0 saturated carbocycles. The van der Waals surface area contributed by atoms with Crippen LogP contribution in [-0.4, -0.2) is 100 Å². The molecule has 0 aromatic heterocycles. The predicted molar refractivity (Wildman–Crippen MR) is 175 cm³/mol. The van der Waals surface area contributed by atoms with Crippen molar-refractivity contribution in [2.75, 3.05) is 24.6 Å². The first-order chi connectivity index (χ1) is 19.9. The third-order valence-corrected chi connectivity index (χ3v) is 7.77. The van der Waals surface area contributed by atoms with Crippen LogP contribution in [0.2, 0.25) is 0 Å². The van der Waals surface area contributed by atoms with Gasteiger partial charge < -0.3 is 20.0 Å². The summed E-state index contributed by atoms with van der Waals surface area (Å²) in [6, 6.07) is 0. The largest absolute Gasteiger partial charge is 2.00 e. The minimum atomic E-state index is -4.14. The molecule has 0 heterocycles. The summed E-state index contributed by atoms with van der Waals surface area (Å²) in [5, 5.41) is 14.0. The van der Waals surface area contributed by atoms with Crippen LogP contribution in [0.25, 0.3) is 0 Å². The molecule has 0 unspecified atom stereocenters. The maximum Gasteiger partial charge on any atom is 2.00 e. The SMILES string of the molecule is CCCCCCCC/C=C/C(=O)NCCCCS(=O)(=O)O.CCCCCCCC/C=C/C([O-])=NCCCCS(=O)(=O)[O-].[Ca+2]. The van der Waals surface area contributed by atoms with Gasteiger partial charge in [0.2, 0.25) is 5.91 Å². The van der Waals surface area contributed by atoms with Gasteiger partial charge in [-0.1, -0.05) is 96.3 Å². The van der Waals surface area contributed by atoms with E-state index in [9.17, 15) is 31.3 Å². The summed E-state index contributed by atoms with van der Waals surface area (Å²) in [5.74, 6) is -1.07. The fourth-order valence-corrected chi connectivity index (χ4v) is 4.90. The number of hydrogen-bond acceptors (Lipinski definition) is 8. The Balaban J connectivity index is -0.000000727. The van der Waals surface area contributed by atoms with Crippen molar-refractivity contribution in [3.63, 3.8) is 0 Å². The minimum absolute atomic E-state index is 0. The number of carbonyl (C=O) groups excluding carboxylic acids is 1. The second kappa shape index (κ2) is 32.9. The normalized spacial score (nSPS) is 12.2. The average molecular weight is 677 g/mol. The van der Waals surface area contributed by atoms with Gasteiger partial charge in [-0.3, -0.25) is 9.35 Å². The van der Waals surface area contributed by atoms with E-state index in [-0.39, 0.29) is 74.0 Å². The van der Waals surface area contributed by atoms with Crippen molar-refractivity contribution in [3.8, 4) is 0 Å². The molecule has 43 heavy (non-hydrogen) atoms. The molecule has 0 aliphatic carbocycles. The third kappa shape index (κ3) is 46.0. The van der Waals surface area contributed by atoms with Crippen LogP contribution in [0.15, 0.2) is 29.3 Å². The molecule has 0 atom stereocenters. The van der Waals surface area contributed by atoms with Gasteiger partial charge in [-0.15, -0.1) is 0 Å². The number of allylic oxidation sites excluding steroid dienone is 2. The quantitative estimate of drug-likeness (QED) is 0.0319. The molecular weight excluding hydrogens is 621 g/mol. The van der Waals surface area contributed by atoms with Crippen molar-refractivity contribution in [2.45, 2.75) is 129 Å². The fraction of sp³-hybridized carbons (Fsp3) is 0.800. The summed E-state index contributed by atoms with van der Waals surface area (Å²) in [4.78, 5) is 15.2. The monoisotopic (exact) mass is 676 g/mol. The number of unbranched alkanes of at least 4 members (excludes halogenated alkanes) is 14. The van der Waals surface area contributed by atoms with E-state index in [1.807, 2.05) is 12.2 Å². The van der Waals surface area contributed by atoms with Crippen molar-refractivity contribution in [3.05, 3.63) is 24.3 Å².